The monoisotopic (exact) mass is 464 g/mol. The van der Waals surface area contributed by atoms with Crippen molar-refractivity contribution in [3.63, 3.8) is 0 Å². The van der Waals surface area contributed by atoms with E-state index >= 15 is 0 Å². The first kappa shape index (κ1) is 22.5. The predicted molar refractivity (Wildman–Crippen MR) is 125 cm³/mol. The van der Waals surface area contributed by atoms with Crippen LogP contribution in [0.15, 0.2) is 72.8 Å². The first-order valence-corrected chi connectivity index (χ1v) is 10.8. The number of rotatable bonds is 7. The number of benzene rings is 3. The molecule has 1 heterocycles. The standard InChI is InChI=1S/C25H22F2N4OS/c1-16-8-10-18(11-9-16)24-29-30-25(33)31(24)15-23(32)28-22(19-5-3-7-21(27)14-19)13-17-4-2-6-20(26)12-17/h2-12,14,22H,13,15H2,1H3,(H,28,32)(H,30,33). The highest BCUT2D eigenvalue weighted by molar-refractivity contribution is 7.71. The van der Waals surface area contributed by atoms with Crippen LogP contribution in [0, 0.1) is 23.3 Å². The molecule has 1 atom stereocenters. The number of nitrogens with zero attached hydrogens (tertiary/aromatic N) is 2. The Morgan fingerprint density at radius 1 is 1.06 bits per heavy atom. The second kappa shape index (κ2) is 9.87. The van der Waals surface area contributed by atoms with E-state index in [-0.39, 0.29) is 18.3 Å². The van der Waals surface area contributed by atoms with Crippen LogP contribution in [-0.2, 0) is 17.8 Å². The Morgan fingerprint density at radius 3 is 2.45 bits per heavy atom. The largest absolute Gasteiger partial charge is 0.347 e. The average molecular weight is 465 g/mol. The van der Waals surface area contributed by atoms with Crippen LogP contribution in [0.2, 0.25) is 0 Å². The van der Waals surface area contributed by atoms with Crippen LogP contribution in [0.3, 0.4) is 0 Å². The molecule has 1 amide bonds. The number of hydrogen-bond donors (Lipinski definition) is 2. The number of H-pyrrole nitrogens is 1. The number of aromatic amines is 1. The van der Waals surface area contributed by atoms with Gasteiger partial charge in [0.25, 0.3) is 0 Å². The molecule has 1 aromatic heterocycles. The van der Waals surface area contributed by atoms with Gasteiger partial charge in [0, 0.05) is 5.56 Å². The molecule has 0 radical (unpaired) electrons. The Labute approximate surface area is 195 Å². The van der Waals surface area contributed by atoms with E-state index in [1.807, 2.05) is 31.2 Å². The van der Waals surface area contributed by atoms with E-state index < -0.39 is 11.9 Å². The third-order valence-corrected chi connectivity index (χ3v) is 5.60. The van der Waals surface area contributed by atoms with Crippen LogP contribution in [-0.4, -0.2) is 20.7 Å². The van der Waals surface area contributed by atoms with Crippen molar-refractivity contribution in [2.45, 2.75) is 25.9 Å². The molecule has 0 aliphatic carbocycles. The summed E-state index contributed by atoms with van der Waals surface area (Å²) in [4.78, 5) is 13.0. The maximum atomic E-state index is 13.9. The van der Waals surface area contributed by atoms with Crippen molar-refractivity contribution in [3.05, 3.63) is 106 Å². The van der Waals surface area contributed by atoms with Crippen LogP contribution in [0.4, 0.5) is 8.78 Å². The summed E-state index contributed by atoms with van der Waals surface area (Å²) in [5.41, 5.74) is 3.20. The molecular formula is C25H22F2N4OS. The number of carbonyl (C=O) groups excluding carboxylic acids is 1. The molecule has 5 nitrogen and oxygen atoms in total. The van der Waals surface area contributed by atoms with E-state index in [0.717, 1.165) is 11.1 Å². The smallest absolute Gasteiger partial charge is 0.240 e. The van der Waals surface area contributed by atoms with Crippen LogP contribution in [0.1, 0.15) is 22.7 Å². The van der Waals surface area contributed by atoms with E-state index in [9.17, 15) is 13.6 Å². The minimum Gasteiger partial charge on any atom is -0.347 e. The molecule has 4 aromatic rings. The first-order chi connectivity index (χ1) is 15.9. The Hall–Kier alpha value is -3.65. The zero-order valence-electron chi connectivity index (χ0n) is 17.9. The minimum absolute atomic E-state index is 0.0759. The summed E-state index contributed by atoms with van der Waals surface area (Å²) in [6.07, 6.45) is 0.300. The number of aryl methyl sites for hydroxylation is 1. The Bertz CT molecular complexity index is 1330. The van der Waals surface area contributed by atoms with Gasteiger partial charge in [-0.25, -0.2) is 8.78 Å². The molecule has 0 fully saturated rings. The van der Waals surface area contributed by atoms with Gasteiger partial charge in [-0.15, -0.1) is 0 Å². The van der Waals surface area contributed by atoms with Gasteiger partial charge in [-0.05, 0) is 61.0 Å². The van der Waals surface area contributed by atoms with Gasteiger partial charge in [0.05, 0.1) is 6.04 Å². The Balaban J connectivity index is 1.58. The van der Waals surface area contributed by atoms with Gasteiger partial charge in [-0.3, -0.25) is 14.5 Å². The highest BCUT2D eigenvalue weighted by Crippen LogP contribution is 2.21. The third kappa shape index (κ3) is 5.59. The number of hydrogen-bond acceptors (Lipinski definition) is 3. The van der Waals surface area contributed by atoms with E-state index in [4.69, 9.17) is 12.2 Å². The SMILES string of the molecule is Cc1ccc(-c2n[nH]c(=S)n2CC(=O)NC(Cc2cccc(F)c2)c2cccc(F)c2)cc1. The van der Waals surface area contributed by atoms with Crippen molar-refractivity contribution < 1.29 is 13.6 Å². The number of carbonyl (C=O) groups is 1. The van der Waals surface area contributed by atoms with Crippen LogP contribution in [0.5, 0.6) is 0 Å². The molecule has 2 N–H and O–H groups in total. The fraction of sp³-hybridized carbons (Fsp3) is 0.160. The normalized spacial score (nSPS) is 11.8. The van der Waals surface area contributed by atoms with Gasteiger partial charge in [0.2, 0.25) is 5.91 Å². The molecule has 168 valence electrons. The lowest BCUT2D eigenvalue weighted by Crippen LogP contribution is -2.33. The van der Waals surface area contributed by atoms with Crippen molar-refractivity contribution in [2.75, 3.05) is 0 Å². The lowest BCUT2D eigenvalue weighted by molar-refractivity contribution is -0.122. The third-order valence-electron chi connectivity index (χ3n) is 5.28. The number of amides is 1. The fourth-order valence-corrected chi connectivity index (χ4v) is 3.84. The Morgan fingerprint density at radius 2 is 1.76 bits per heavy atom. The number of aromatic nitrogens is 3. The molecule has 8 heteroatoms. The molecule has 0 saturated heterocycles. The molecule has 0 bridgehead atoms. The van der Waals surface area contributed by atoms with Gasteiger partial charge in [0.1, 0.15) is 18.2 Å². The minimum atomic E-state index is -0.557. The number of halogens is 2. The zero-order valence-corrected chi connectivity index (χ0v) is 18.7. The van der Waals surface area contributed by atoms with E-state index in [2.05, 4.69) is 15.5 Å². The predicted octanol–water partition coefficient (Wildman–Crippen LogP) is 5.29. The number of nitrogens with one attached hydrogen (secondary N) is 2. The molecular weight excluding hydrogens is 442 g/mol. The summed E-state index contributed by atoms with van der Waals surface area (Å²) in [7, 11) is 0. The van der Waals surface area contributed by atoms with Crippen molar-refractivity contribution >= 4 is 18.1 Å². The van der Waals surface area contributed by atoms with Crippen molar-refractivity contribution in [2.24, 2.45) is 0 Å². The van der Waals surface area contributed by atoms with Gasteiger partial charge < -0.3 is 5.32 Å². The molecule has 4 rings (SSSR count). The highest BCUT2D eigenvalue weighted by Gasteiger charge is 2.19. The van der Waals surface area contributed by atoms with Crippen LogP contribution >= 0.6 is 12.2 Å². The summed E-state index contributed by atoms with van der Waals surface area (Å²) in [5.74, 6) is -0.567. The van der Waals surface area contributed by atoms with E-state index in [0.29, 0.717) is 28.1 Å². The van der Waals surface area contributed by atoms with Crippen molar-refractivity contribution in [1.29, 1.82) is 0 Å². The second-order valence-corrected chi connectivity index (χ2v) is 8.20. The van der Waals surface area contributed by atoms with E-state index in [1.54, 1.807) is 28.8 Å². The first-order valence-electron chi connectivity index (χ1n) is 10.4. The topological polar surface area (TPSA) is 62.7 Å². The van der Waals surface area contributed by atoms with Gasteiger partial charge in [0.15, 0.2) is 10.6 Å². The molecule has 0 saturated carbocycles. The Kier molecular flexibility index (Phi) is 6.74. The molecule has 0 spiro atoms. The lowest BCUT2D eigenvalue weighted by Gasteiger charge is -2.20. The fourth-order valence-electron chi connectivity index (χ4n) is 3.65. The van der Waals surface area contributed by atoms with Gasteiger partial charge in [-0.1, -0.05) is 54.1 Å². The van der Waals surface area contributed by atoms with E-state index in [1.165, 1.54) is 24.3 Å². The van der Waals surface area contributed by atoms with Crippen molar-refractivity contribution in [3.8, 4) is 11.4 Å². The maximum absolute atomic E-state index is 13.9. The van der Waals surface area contributed by atoms with Gasteiger partial charge in [-0.2, -0.15) is 5.10 Å². The molecule has 0 aliphatic heterocycles. The summed E-state index contributed by atoms with van der Waals surface area (Å²) in [5, 5.41) is 9.95. The quantitative estimate of drug-likeness (QED) is 0.365. The molecule has 33 heavy (non-hydrogen) atoms. The lowest BCUT2D eigenvalue weighted by atomic mass is 9.98. The molecule has 0 aliphatic rings. The molecule has 3 aromatic carbocycles. The zero-order chi connectivity index (χ0) is 23.4. The summed E-state index contributed by atoms with van der Waals surface area (Å²) in [6, 6.07) is 19.3. The summed E-state index contributed by atoms with van der Waals surface area (Å²) < 4.78 is 29.5. The van der Waals surface area contributed by atoms with Crippen LogP contribution in [0.25, 0.3) is 11.4 Å². The van der Waals surface area contributed by atoms with Crippen molar-refractivity contribution in [1.82, 2.24) is 20.1 Å². The summed E-state index contributed by atoms with van der Waals surface area (Å²) >= 11 is 5.33. The van der Waals surface area contributed by atoms with Crippen LogP contribution < -0.4 is 5.32 Å². The van der Waals surface area contributed by atoms with Gasteiger partial charge >= 0.3 is 0 Å². The average Bonchev–Trinajstić information content (AvgIpc) is 3.14. The second-order valence-electron chi connectivity index (χ2n) is 7.81. The maximum Gasteiger partial charge on any atom is 0.240 e. The summed E-state index contributed by atoms with van der Waals surface area (Å²) in [6.45, 7) is 1.91. The highest BCUT2D eigenvalue weighted by atomic mass is 32.1. The molecule has 1 unspecified atom stereocenters.